The fraction of sp³-hybridized carbons (Fsp3) is 0.429. The molecule has 5 nitrogen and oxygen atoms in total. The highest BCUT2D eigenvalue weighted by molar-refractivity contribution is 5.92. The molecule has 2 amide bonds. The van der Waals surface area contributed by atoms with Gasteiger partial charge in [0.2, 0.25) is 0 Å². The maximum Gasteiger partial charge on any atom is 0.326 e. The molecule has 0 saturated carbocycles. The Morgan fingerprint density at radius 1 is 1.33 bits per heavy atom. The molecule has 3 N–H and O–H groups in total. The molecule has 0 spiro atoms. The van der Waals surface area contributed by atoms with E-state index in [1.54, 1.807) is 0 Å². The first kappa shape index (κ1) is 16.9. The van der Waals surface area contributed by atoms with E-state index < -0.39 is 35.4 Å². The third-order valence-corrected chi connectivity index (χ3v) is 2.97. The number of hydrogen-bond acceptors (Lipinski definition) is 2. The van der Waals surface area contributed by atoms with E-state index in [4.69, 9.17) is 5.11 Å². The van der Waals surface area contributed by atoms with Gasteiger partial charge in [0.25, 0.3) is 0 Å². The van der Waals surface area contributed by atoms with Gasteiger partial charge in [-0.25, -0.2) is 18.4 Å². The van der Waals surface area contributed by atoms with Crippen LogP contribution in [0.2, 0.25) is 0 Å². The first-order chi connectivity index (χ1) is 9.86. The van der Waals surface area contributed by atoms with Gasteiger partial charge in [-0.15, -0.1) is 0 Å². The van der Waals surface area contributed by atoms with Gasteiger partial charge in [-0.1, -0.05) is 25.8 Å². The van der Waals surface area contributed by atoms with Crippen LogP contribution in [-0.4, -0.2) is 23.1 Å². The summed E-state index contributed by atoms with van der Waals surface area (Å²) in [5, 5.41) is 13.2. The smallest absolute Gasteiger partial charge is 0.326 e. The zero-order chi connectivity index (χ0) is 16.0. The number of halogens is 2. The van der Waals surface area contributed by atoms with Crippen LogP contribution in [0.1, 0.15) is 31.7 Å². The highest BCUT2D eigenvalue weighted by atomic mass is 19.1. The predicted octanol–water partition coefficient (Wildman–Crippen LogP) is 3.04. The molecule has 1 aromatic rings. The Balaban J connectivity index is 2.77. The number of amides is 2. The molecule has 21 heavy (non-hydrogen) atoms. The van der Waals surface area contributed by atoms with Crippen LogP contribution in [0.5, 0.6) is 0 Å². The van der Waals surface area contributed by atoms with Gasteiger partial charge in [-0.3, -0.25) is 0 Å². The zero-order valence-corrected chi connectivity index (χ0v) is 11.9. The van der Waals surface area contributed by atoms with Crippen molar-refractivity contribution < 1.29 is 23.5 Å². The van der Waals surface area contributed by atoms with Crippen molar-refractivity contribution in [2.75, 3.05) is 5.32 Å². The number of carbonyl (C=O) groups is 2. The number of nitrogens with one attached hydrogen (secondary N) is 2. The van der Waals surface area contributed by atoms with Crippen LogP contribution in [0.4, 0.5) is 19.3 Å². The van der Waals surface area contributed by atoms with Crippen LogP contribution in [0, 0.1) is 18.6 Å². The standard InChI is InChI=1S/C14H18F2N2O3/c1-3-4-5-10(13(19)20)17-14(21)18-12-9(15)7-6-8(2)11(12)16/h6-7,10H,3-5H2,1-2H3,(H,19,20)(H2,17,18,21). The number of hydrogen-bond donors (Lipinski definition) is 3. The largest absolute Gasteiger partial charge is 0.480 e. The van der Waals surface area contributed by atoms with Crippen LogP contribution >= 0.6 is 0 Å². The topological polar surface area (TPSA) is 78.4 Å². The Labute approximate surface area is 121 Å². The molecular formula is C14H18F2N2O3. The normalized spacial score (nSPS) is 11.8. The Hall–Kier alpha value is -2.18. The quantitative estimate of drug-likeness (QED) is 0.755. The van der Waals surface area contributed by atoms with E-state index in [-0.39, 0.29) is 12.0 Å². The minimum Gasteiger partial charge on any atom is -0.480 e. The van der Waals surface area contributed by atoms with Crippen molar-refractivity contribution in [3.05, 3.63) is 29.3 Å². The number of anilines is 1. The second-order valence-electron chi connectivity index (χ2n) is 4.68. The molecule has 0 fully saturated rings. The highest BCUT2D eigenvalue weighted by Crippen LogP contribution is 2.21. The van der Waals surface area contributed by atoms with Crippen LogP contribution in [0.25, 0.3) is 0 Å². The van der Waals surface area contributed by atoms with E-state index in [1.165, 1.54) is 13.0 Å². The molecule has 1 unspecified atom stereocenters. The van der Waals surface area contributed by atoms with Crippen LogP contribution in [0.3, 0.4) is 0 Å². The second kappa shape index (κ2) is 7.56. The SMILES string of the molecule is CCCCC(NC(=O)Nc1c(F)ccc(C)c1F)C(=O)O. The molecule has 1 rings (SSSR count). The number of rotatable bonds is 6. The average Bonchev–Trinajstić information content (AvgIpc) is 2.43. The third-order valence-electron chi connectivity index (χ3n) is 2.97. The van der Waals surface area contributed by atoms with Crippen molar-refractivity contribution in [3.63, 3.8) is 0 Å². The van der Waals surface area contributed by atoms with Crippen molar-refractivity contribution in [1.82, 2.24) is 5.32 Å². The first-order valence-electron chi connectivity index (χ1n) is 6.61. The van der Waals surface area contributed by atoms with E-state index in [2.05, 4.69) is 5.32 Å². The first-order valence-corrected chi connectivity index (χ1v) is 6.61. The minimum atomic E-state index is -1.19. The number of carbonyl (C=O) groups excluding carboxylic acids is 1. The Morgan fingerprint density at radius 2 is 2.00 bits per heavy atom. The van der Waals surface area contributed by atoms with Crippen molar-refractivity contribution in [3.8, 4) is 0 Å². The van der Waals surface area contributed by atoms with Gasteiger partial charge in [0.15, 0.2) is 5.82 Å². The van der Waals surface area contributed by atoms with Gasteiger partial charge < -0.3 is 15.7 Å². The summed E-state index contributed by atoms with van der Waals surface area (Å²) in [6.07, 6.45) is 1.64. The number of aryl methyl sites for hydroxylation is 1. The highest BCUT2D eigenvalue weighted by Gasteiger charge is 2.21. The fourth-order valence-corrected chi connectivity index (χ4v) is 1.74. The predicted molar refractivity (Wildman–Crippen MR) is 74.2 cm³/mol. The van der Waals surface area contributed by atoms with E-state index in [1.807, 2.05) is 12.2 Å². The molecule has 0 aliphatic rings. The number of urea groups is 1. The van der Waals surface area contributed by atoms with Gasteiger partial charge in [0.1, 0.15) is 17.5 Å². The molecule has 0 saturated heterocycles. The molecule has 0 aliphatic heterocycles. The molecule has 1 aromatic carbocycles. The van der Waals surface area contributed by atoms with Crippen molar-refractivity contribution >= 4 is 17.7 Å². The Bertz CT molecular complexity index is 535. The molecule has 0 aromatic heterocycles. The van der Waals surface area contributed by atoms with Gasteiger partial charge in [0, 0.05) is 0 Å². The molecule has 0 aliphatic carbocycles. The number of carboxylic acid groups (broad SMARTS) is 1. The van der Waals surface area contributed by atoms with Gasteiger partial charge in [0.05, 0.1) is 0 Å². The molecule has 0 bridgehead atoms. The lowest BCUT2D eigenvalue weighted by Gasteiger charge is -2.15. The second-order valence-corrected chi connectivity index (χ2v) is 4.68. The van der Waals surface area contributed by atoms with E-state index in [0.29, 0.717) is 6.42 Å². The molecule has 116 valence electrons. The summed E-state index contributed by atoms with van der Waals surface area (Å²) >= 11 is 0. The summed E-state index contributed by atoms with van der Waals surface area (Å²) in [7, 11) is 0. The lowest BCUT2D eigenvalue weighted by molar-refractivity contribution is -0.139. The van der Waals surface area contributed by atoms with Crippen LogP contribution < -0.4 is 10.6 Å². The zero-order valence-electron chi connectivity index (χ0n) is 11.9. The maximum absolute atomic E-state index is 13.7. The van der Waals surface area contributed by atoms with Crippen LogP contribution in [0.15, 0.2) is 12.1 Å². The number of unbranched alkanes of at least 4 members (excludes halogenated alkanes) is 1. The lowest BCUT2D eigenvalue weighted by Crippen LogP contribution is -2.43. The summed E-state index contributed by atoms with van der Waals surface area (Å²) in [4.78, 5) is 22.7. The maximum atomic E-state index is 13.7. The molecular weight excluding hydrogens is 282 g/mol. The summed E-state index contributed by atoms with van der Waals surface area (Å²) in [5.41, 5.74) is -0.417. The van der Waals surface area contributed by atoms with Gasteiger partial charge >= 0.3 is 12.0 Å². The average molecular weight is 300 g/mol. The van der Waals surface area contributed by atoms with E-state index >= 15 is 0 Å². The summed E-state index contributed by atoms with van der Waals surface area (Å²) in [5.74, 6) is -3.00. The molecule has 0 radical (unpaired) electrons. The number of benzene rings is 1. The summed E-state index contributed by atoms with van der Waals surface area (Å²) in [6.45, 7) is 3.32. The fourth-order valence-electron chi connectivity index (χ4n) is 1.74. The van der Waals surface area contributed by atoms with Crippen LogP contribution in [-0.2, 0) is 4.79 Å². The summed E-state index contributed by atoms with van der Waals surface area (Å²) < 4.78 is 27.2. The van der Waals surface area contributed by atoms with Crippen molar-refractivity contribution in [2.45, 2.75) is 39.2 Å². The molecule has 0 heterocycles. The summed E-state index contributed by atoms with van der Waals surface area (Å²) in [6, 6.07) is 0.220. The van der Waals surface area contributed by atoms with Gasteiger partial charge in [-0.05, 0) is 25.0 Å². The van der Waals surface area contributed by atoms with E-state index in [9.17, 15) is 18.4 Å². The Morgan fingerprint density at radius 3 is 2.57 bits per heavy atom. The number of carboxylic acids is 1. The minimum absolute atomic E-state index is 0.174. The van der Waals surface area contributed by atoms with Crippen molar-refractivity contribution in [1.29, 1.82) is 0 Å². The number of aliphatic carboxylic acids is 1. The Kier molecular flexibility index (Phi) is 6.08. The van der Waals surface area contributed by atoms with E-state index in [0.717, 1.165) is 12.5 Å². The molecule has 7 heteroatoms. The lowest BCUT2D eigenvalue weighted by atomic mass is 10.1. The third kappa shape index (κ3) is 4.70. The monoisotopic (exact) mass is 300 g/mol. The molecule has 1 atom stereocenters. The van der Waals surface area contributed by atoms with Gasteiger partial charge in [-0.2, -0.15) is 0 Å². The van der Waals surface area contributed by atoms with Crippen molar-refractivity contribution in [2.24, 2.45) is 0 Å².